The molecule has 0 bridgehead atoms. The molecule has 3 aromatic rings. The predicted octanol–water partition coefficient (Wildman–Crippen LogP) is 3.79. The highest BCUT2D eigenvalue weighted by Gasteiger charge is 2.16. The van der Waals surface area contributed by atoms with Crippen molar-refractivity contribution in [2.24, 2.45) is 10.2 Å². The average molecular weight is 432 g/mol. The van der Waals surface area contributed by atoms with Gasteiger partial charge in [0.2, 0.25) is 5.88 Å². The monoisotopic (exact) mass is 431 g/mol. The fourth-order valence-electron chi connectivity index (χ4n) is 2.23. The van der Waals surface area contributed by atoms with Crippen molar-refractivity contribution in [2.45, 2.75) is 0 Å². The van der Waals surface area contributed by atoms with Crippen molar-refractivity contribution < 1.29 is 19.6 Å². The van der Waals surface area contributed by atoms with Crippen molar-refractivity contribution in [3.8, 4) is 5.88 Å². The van der Waals surface area contributed by atoms with Crippen LogP contribution in [0.25, 0.3) is 10.9 Å². The lowest BCUT2D eigenvalue weighted by molar-refractivity contribution is -0.384. The van der Waals surface area contributed by atoms with Crippen LogP contribution in [0.5, 0.6) is 5.88 Å². The van der Waals surface area contributed by atoms with E-state index in [0.29, 0.717) is 10.9 Å². The normalized spacial score (nSPS) is 11.0. The fourth-order valence-corrected chi connectivity index (χ4v) is 2.59. The van der Waals surface area contributed by atoms with Crippen molar-refractivity contribution in [1.29, 1.82) is 0 Å². The summed E-state index contributed by atoms with van der Waals surface area (Å²) in [5, 5.41) is 30.2. The number of carbonyl (C=O) groups is 2. The van der Waals surface area contributed by atoms with Crippen LogP contribution in [-0.4, -0.2) is 26.8 Å². The number of azo groups is 1. The summed E-state index contributed by atoms with van der Waals surface area (Å²) in [6.45, 7) is 0. The molecule has 10 nitrogen and oxygen atoms in total. The van der Waals surface area contributed by atoms with Gasteiger partial charge in [0.25, 0.3) is 5.69 Å². The molecule has 0 fully saturated rings. The zero-order valence-electron chi connectivity index (χ0n) is 13.3. The number of nitrogens with one attached hydrogen (secondary N) is 2. The minimum Gasteiger partial charge on any atom is -0.493 e. The number of aromatic hydroxyl groups is 1. The van der Waals surface area contributed by atoms with Crippen LogP contribution < -0.4 is 5.32 Å². The van der Waals surface area contributed by atoms with Gasteiger partial charge < -0.3 is 15.4 Å². The second-order valence-electron chi connectivity index (χ2n) is 5.28. The zero-order chi connectivity index (χ0) is 19.6. The third kappa shape index (κ3) is 3.98. The van der Waals surface area contributed by atoms with Gasteiger partial charge >= 0.3 is 11.8 Å². The van der Waals surface area contributed by atoms with E-state index in [1.54, 1.807) is 18.2 Å². The Balaban J connectivity index is 1.75. The molecule has 27 heavy (non-hydrogen) atoms. The first-order valence-electron chi connectivity index (χ1n) is 7.37. The molecule has 0 unspecified atom stereocenters. The highest BCUT2D eigenvalue weighted by Crippen LogP contribution is 2.36. The Morgan fingerprint density at radius 1 is 1.19 bits per heavy atom. The smallest absolute Gasteiger partial charge is 0.353 e. The summed E-state index contributed by atoms with van der Waals surface area (Å²) in [6, 6.07) is 10.0. The van der Waals surface area contributed by atoms with E-state index in [1.165, 1.54) is 24.3 Å². The lowest BCUT2D eigenvalue weighted by Gasteiger charge is -2.01. The highest BCUT2D eigenvalue weighted by atomic mass is 79.9. The molecule has 0 aliphatic rings. The molecule has 3 rings (SSSR count). The van der Waals surface area contributed by atoms with Crippen LogP contribution in [0.3, 0.4) is 0 Å². The van der Waals surface area contributed by atoms with E-state index in [9.17, 15) is 24.8 Å². The second-order valence-corrected chi connectivity index (χ2v) is 6.19. The summed E-state index contributed by atoms with van der Waals surface area (Å²) < 4.78 is 0.729. The number of aromatic nitrogens is 1. The number of H-pyrrole nitrogens is 1. The number of halogens is 1. The van der Waals surface area contributed by atoms with Crippen molar-refractivity contribution in [3.05, 3.63) is 57.1 Å². The summed E-state index contributed by atoms with van der Waals surface area (Å²) in [5.41, 5.74) is 0.628. The van der Waals surface area contributed by atoms with E-state index < -0.39 is 16.7 Å². The number of benzene rings is 2. The van der Waals surface area contributed by atoms with Gasteiger partial charge in [0.1, 0.15) is 0 Å². The third-order valence-electron chi connectivity index (χ3n) is 3.49. The van der Waals surface area contributed by atoms with E-state index in [0.717, 1.165) is 4.47 Å². The average Bonchev–Trinajstić information content (AvgIpc) is 2.94. The van der Waals surface area contributed by atoms with E-state index in [-0.39, 0.29) is 22.9 Å². The largest absolute Gasteiger partial charge is 0.493 e. The molecule has 0 saturated carbocycles. The van der Waals surface area contributed by atoms with Gasteiger partial charge in [-0.25, -0.2) is 0 Å². The summed E-state index contributed by atoms with van der Waals surface area (Å²) in [7, 11) is 0. The number of rotatable bonds is 3. The molecule has 0 aliphatic heterocycles. The lowest BCUT2D eigenvalue weighted by atomic mass is 10.2. The fraction of sp³-hybridized carbons (Fsp3) is 0. The highest BCUT2D eigenvalue weighted by molar-refractivity contribution is 9.10. The van der Waals surface area contributed by atoms with Crippen LogP contribution in [0.15, 0.2) is 57.2 Å². The second kappa shape index (κ2) is 7.33. The maximum atomic E-state index is 11.9. The SMILES string of the molecule is O=C(N=Nc1c(O)[nH]c2ccc(Br)cc12)C(=O)Nc1ccc([N+](=O)[O-])cc1. The standard InChI is InChI=1S/C16H10BrN5O5/c17-8-1-6-12-11(7-8)13(14(23)19-12)20-21-16(25)15(24)18-9-2-4-10(5-3-9)22(26)27/h1-7,19,23H,(H,18,24). The number of carbonyl (C=O) groups excluding carboxylic acids is 2. The third-order valence-corrected chi connectivity index (χ3v) is 3.98. The van der Waals surface area contributed by atoms with Crippen LogP contribution in [0.1, 0.15) is 0 Å². The van der Waals surface area contributed by atoms with Gasteiger partial charge in [-0.3, -0.25) is 19.7 Å². The molecule has 0 radical (unpaired) electrons. The number of aromatic amines is 1. The molecule has 3 N–H and O–H groups in total. The number of hydrogen-bond donors (Lipinski definition) is 3. The molecular formula is C16H10BrN5O5. The number of nitrogens with zero attached hydrogens (tertiary/aromatic N) is 3. The van der Waals surface area contributed by atoms with Crippen LogP contribution in [-0.2, 0) is 9.59 Å². The Labute approximate surface area is 159 Å². The van der Waals surface area contributed by atoms with Gasteiger partial charge in [-0.05, 0) is 30.3 Å². The summed E-state index contributed by atoms with van der Waals surface area (Å²) in [6.07, 6.45) is 0. The molecule has 0 spiro atoms. The van der Waals surface area contributed by atoms with E-state index >= 15 is 0 Å². The van der Waals surface area contributed by atoms with Gasteiger partial charge in [-0.2, -0.15) is 0 Å². The van der Waals surface area contributed by atoms with Crippen LogP contribution >= 0.6 is 15.9 Å². The molecular weight excluding hydrogens is 422 g/mol. The van der Waals surface area contributed by atoms with Gasteiger partial charge in [0.05, 0.1) is 10.4 Å². The zero-order valence-corrected chi connectivity index (χ0v) is 14.9. The Hall–Kier alpha value is -3.60. The first-order chi connectivity index (χ1) is 12.8. The van der Waals surface area contributed by atoms with Gasteiger partial charge in [-0.1, -0.05) is 15.9 Å². The predicted molar refractivity (Wildman–Crippen MR) is 98.9 cm³/mol. The molecule has 0 saturated heterocycles. The van der Waals surface area contributed by atoms with Crippen molar-refractivity contribution in [3.63, 3.8) is 0 Å². The van der Waals surface area contributed by atoms with Crippen LogP contribution in [0.4, 0.5) is 17.1 Å². The first kappa shape index (κ1) is 18.2. The summed E-state index contributed by atoms with van der Waals surface area (Å²) in [4.78, 5) is 36.4. The molecule has 0 atom stereocenters. The Morgan fingerprint density at radius 3 is 2.56 bits per heavy atom. The van der Waals surface area contributed by atoms with E-state index in [1.807, 2.05) is 0 Å². The molecule has 2 aromatic carbocycles. The minimum absolute atomic E-state index is 0.0165. The van der Waals surface area contributed by atoms with Gasteiger partial charge in [0, 0.05) is 27.7 Å². The quantitative estimate of drug-likeness (QED) is 0.249. The summed E-state index contributed by atoms with van der Waals surface area (Å²) >= 11 is 3.29. The van der Waals surface area contributed by atoms with Crippen LogP contribution in [0, 0.1) is 10.1 Å². The van der Waals surface area contributed by atoms with Crippen molar-refractivity contribution >= 4 is 55.7 Å². The van der Waals surface area contributed by atoms with Gasteiger partial charge in [-0.15, -0.1) is 10.2 Å². The molecule has 1 heterocycles. The Morgan fingerprint density at radius 2 is 1.89 bits per heavy atom. The minimum atomic E-state index is -1.20. The Kier molecular flexibility index (Phi) is 4.94. The number of nitro benzene ring substituents is 1. The maximum absolute atomic E-state index is 11.9. The number of amides is 2. The lowest BCUT2D eigenvalue weighted by Crippen LogP contribution is -2.20. The molecule has 11 heteroatoms. The number of fused-ring (bicyclic) bond motifs is 1. The summed E-state index contributed by atoms with van der Waals surface area (Å²) in [5.74, 6) is -2.57. The number of non-ortho nitro benzene ring substituents is 1. The number of anilines is 1. The number of nitro groups is 1. The molecule has 0 aliphatic carbocycles. The van der Waals surface area contributed by atoms with Crippen molar-refractivity contribution in [1.82, 2.24) is 4.98 Å². The van der Waals surface area contributed by atoms with Crippen LogP contribution in [0.2, 0.25) is 0 Å². The maximum Gasteiger partial charge on any atom is 0.353 e. The first-order valence-corrected chi connectivity index (χ1v) is 8.16. The van der Waals surface area contributed by atoms with Gasteiger partial charge in [0.15, 0.2) is 5.69 Å². The topological polar surface area (TPSA) is 150 Å². The number of hydrogen-bond acceptors (Lipinski definition) is 6. The molecule has 136 valence electrons. The van der Waals surface area contributed by atoms with Crippen molar-refractivity contribution in [2.75, 3.05) is 5.32 Å². The molecule has 2 amide bonds. The van der Waals surface area contributed by atoms with E-state index in [2.05, 4.69) is 36.5 Å². The molecule has 1 aromatic heterocycles. The Bertz CT molecular complexity index is 1090. The van der Waals surface area contributed by atoms with E-state index in [4.69, 9.17) is 0 Å².